The van der Waals surface area contributed by atoms with Crippen LogP contribution in [0, 0.1) is 5.92 Å². The second-order valence-electron chi connectivity index (χ2n) is 7.53. The molecule has 1 fully saturated rings. The predicted molar refractivity (Wildman–Crippen MR) is 102 cm³/mol. The zero-order valence-corrected chi connectivity index (χ0v) is 16.4. The van der Waals surface area contributed by atoms with E-state index in [-0.39, 0.29) is 17.9 Å². The largest absolute Gasteiger partial charge is 0.326 e. The van der Waals surface area contributed by atoms with Crippen molar-refractivity contribution in [1.29, 1.82) is 0 Å². The van der Waals surface area contributed by atoms with Crippen LogP contribution in [0.3, 0.4) is 0 Å². The summed E-state index contributed by atoms with van der Waals surface area (Å²) in [5.74, 6) is 0.446. The Morgan fingerprint density at radius 3 is 2.04 bits per heavy atom. The van der Waals surface area contributed by atoms with Crippen LogP contribution in [0.15, 0.2) is 24.3 Å². The number of hydrogen-bond acceptors (Lipinski definition) is 3. The standard InChI is InChI=1S/C19H30N2O3S/c1-13(2)15-5-9-17(10-6-15)20-19(22)16-7-11-18(12-8-16)21-25(23,24)14(3)4/h5-6,9-10,13-14,16,18,21H,7-8,11-12H2,1-4H3,(H,20,22). The number of carbonyl (C=O) groups is 1. The fourth-order valence-electron chi connectivity index (χ4n) is 3.04. The summed E-state index contributed by atoms with van der Waals surface area (Å²) in [6.07, 6.45) is 2.83. The van der Waals surface area contributed by atoms with E-state index < -0.39 is 15.3 Å². The SMILES string of the molecule is CC(C)c1ccc(NC(=O)C2CCC(NS(=O)(=O)C(C)C)CC2)cc1. The van der Waals surface area contributed by atoms with E-state index in [2.05, 4.69) is 23.9 Å². The summed E-state index contributed by atoms with van der Waals surface area (Å²) < 4.78 is 26.6. The maximum Gasteiger partial charge on any atom is 0.227 e. The Balaban J connectivity index is 1.85. The van der Waals surface area contributed by atoms with E-state index in [1.165, 1.54) is 5.56 Å². The van der Waals surface area contributed by atoms with Gasteiger partial charge in [-0.2, -0.15) is 0 Å². The molecule has 140 valence electrons. The van der Waals surface area contributed by atoms with Gasteiger partial charge >= 0.3 is 0 Å². The molecule has 0 aromatic heterocycles. The number of amides is 1. The number of anilines is 1. The van der Waals surface area contributed by atoms with Crippen molar-refractivity contribution in [1.82, 2.24) is 4.72 Å². The van der Waals surface area contributed by atoms with Crippen LogP contribution in [0.4, 0.5) is 5.69 Å². The molecule has 1 aliphatic carbocycles. The van der Waals surface area contributed by atoms with Crippen molar-refractivity contribution in [3.05, 3.63) is 29.8 Å². The molecule has 2 N–H and O–H groups in total. The third-order valence-corrected chi connectivity index (χ3v) is 6.80. The van der Waals surface area contributed by atoms with Gasteiger partial charge in [-0.1, -0.05) is 26.0 Å². The second-order valence-corrected chi connectivity index (χ2v) is 9.79. The molecule has 0 unspecified atom stereocenters. The summed E-state index contributed by atoms with van der Waals surface area (Å²) in [7, 11) is -3.25. The van der Waals surface area contributed by atoms with Gasteiger partial charge in [-0.05, 0) is 63.1 Å². The number of carbonyl (C=O) groups excluding carboxylic acids is 1. The summed E-state index contributed by atoms with van der Waals surface area (Å²) in [5, 5.41) is 2.55. The summed E-state index contributed by atoms with van der Waals surface area (Å²) in [4.78, 5) is 12.4. The summed E-state index contributed by atoms with van der Waals surface area (Å²) in [6, 6.07) is 7.91. The van der Waals surface area contributed by atoms with Gasteiger partial charge in [0.15, 0.2) is 0 Å². The Hall–Kier alpha value is -1.40. The monoisotopic (exact) mass is 366 g/mol. The van der Waals surface area contributed by atoms with Crippen molar-refractivity contribution in [2.24, 2.45) is 5.92 Å². The first-order valence-corrected chi connectivity index (χ1v) is 10.7. The molecule has 1 aliphatic rings. The van der Waals surface area contributed by atoms with Crippen LogP contribution >= 0.6 is 0 Å². The molecule has 1 saturated carbocycles. The number of sulfonamides is 1. The highest BCUT2D eigenvalue weighted by Gasteiger charge is 2.29. The molecular formula is C19H30N2O3S. The van der Waals surface area contributed by atoms with E-state index in [1.807, 2.05) is 24.3 Å². The summed E-state index contributed by atoms with van der Waals surface area (Å²) >= 11 is 0. The van der Waals surface area contributed by atoms with E-state index in [1.54, 1.807) is 13.8 Å². The molecule has 6 heteroatoms. The molecule has 0 heterocycles. The molecule has 0 bridgehead atoms. The van der Waals surface area contributed by atoms with E-state index in [4.69, 9.17) is 0 Å². The highest BCUT2D eigenvalue weighted by molar-refractivity contribution is 7.90. The quantitative estimate of drug-likeness (QED) is 0.807. The molecule has 5 nitrogen and oxygen atoms in total. The van der Waals surface area contributed by atoms with Crippen molar-refractivity contribution in [3.63, 3.8) is 0 Å². The molecule has 0 radical (unpaired) electrons. The predicted octanol–water partition coefficient (Wildman–Crippen LogP) is 3.64. The Kier molecular flexibility index (Phi) is 6.63. The second kappa shape index (κ2) is 8.32. The Morgan fingerprint density at radius 2 is 1.56 bits per heavy atom. The van der Waals surface area contributed by atoms with E-state index in [0.717, 1.165) is 5.69 Å². The first-order chi connectivity index (χ1) is 11.7. The number of benzene rings is 1. The number of hydrogen-bond donors (Lipinski definition) is 2. The van der Waals surface area contributed by atoms with Gasteiger partial charge in [0, 0.05) is 17.6 Å². The minimum Gasteiger partial charge on any atom is -0.326 e. The third-order valence-electron chi connectivity index (χ3n) is 4.89. The van der Waals surface area contributed by atoms with E-state index >= 15 is 0 Å². The van der Waals surface area contributed by atoms with Gasteiger partial charge in [-0.15, -0.1) is 0 Å². The van der Waals surface area contributed by atoms with Crippen molar-refractivity contribution in [2.45, 2.75) is 70.6 Å². The van der Waals surface area contributed by atoms with Crippen LogP contribution in [-0.4, -0.2) is 25.6 Å². The highest BCUT2D eigenvalue weighted by Crippen LogP contribution is 2.26. The van der Waals surface area contributed by atoms with Crippen LogP contribution in [0.2, 0.25) is 0 Å². The van der Waals surface area contributed by atoms with Crippen LogP contribution in [0.1, 0.15) is 64.9 Å². The lowest BCUT2D eigenvalue weighted by Gasteiger charge is -2.28. The minimum absolute atomic E-state index is 0.0301. The number of nitrogens with one attached hydrogen (secondary N) is 2. The average Bonchev–Trinajstić information content (AvgIpc) is 2.55. The summed E-state index contributed by atoms with van der Waals surface area (Å²) in [5.41, 5.74) is 2.06. The lowest BCUT2D eigenvalue weighted by atomic mass is 9.86. The van der Waals surface area contributed by atoms with Crippen LogP contribution in [-0.2, 0) is 14.8 Å². The van der Waals surface area contributed by atoms with Gasteiger partial charge < -0.3 is 5.32 Å². The maximum atomic E-state index is 12.4. The van der Waals surface area contributed by atoms with Crippen molar-refractivity contribution in [3.8, 4) is 0 Å². The molecule has 2 rings (SSSR count). The Morgan fingerprint density at radius 1 is 1.00 bits per heavy atom. The van der Waals surface area contributed by atoms with Gasteiger partial charge in [0.25, 0.3) is 0 Å². The molecule has 0 atom stereocenters. The van der Waals surface area contributed by atoms with Gasteiger partial charge in [-0.25, -0.2) is 13.1 Å². The van der Waals surface area contributed by atoms with Gasteiger partial charge in [0.2, 0.25) is 15.9 Å². The third kappa shape index (κ3) is 5.54. The van der Waals surface area contributed by atoms with Gasteiger partial charge in [-0.3, -0.25) is 4.79 Å². The van der Waals surface area contributed by atoms with Crippen molar-refractivity contribution >= 4 is 21.6 Å². The van der Waals surface area contributed by atoms with Crippen LogP contribution < -0.4 is 10.0 Å². The summed E-state index contributed by atoms with van der Waals surface area (Å²) in [6.45, 7) is 7.62. The maximum absolute atomic E-state index is 12.4. The molecule has 0 saturated heterocycles. The van der Waals surface area contributed by atoms with Crippen LogP contribution in [0.5, 0.6) is 0 Å². The van der Waals surface area contributed by atoms with Gasteiger partial charge in [0.1, 0.15) is 0 Å². The van der Waals surface area contributed by atoms with Gasteiger partial charge in [0.05, 0.1) is 5.25 Å². The molecule has 25 heavy (non-hydrogen) atoms. The molecule has 1 aromatic rings. The lowest BCUT2D eigenvalue weighted by molar-refractivity contribution is -0.120. The zero-order chi connectivity index (χ0) is 18.6. The highest BCUT2D eigenvalue weighted by atomic mass is 32.2. The normalized spacial score (nSPS) is 21.5. The smallest absolute Gasteiger partial charge is 0.227 e. The number of rotatable bonds is 6. The molecule has 1 amide bonds. The van der Waals surface area contributed by atoms with E-state index in [0.29, 0.717) is 31.6 Å². The molecular weight excluding hydrogens is 336 g/mol. The first kappa shape index (κ1) is 19.9. The van der Waals surface area contributed by atoms with Crippen LogP contribution in [0.25, 0.3) is 0 Å². The lowest BCUT2D eigenvalue weighted by Crippen LogP contribution is -2.42. The van der Waals surface area contributed by atoms with Crippen molar-refractivity contribution < 1.29 is 13.2 Å². The Bertz CT molecular complexity index is 673. The molecule has 0 spiro atoms. The fraction of sp³-hybridized carbons (Fsp3) is 0.632. The topological polar surface area (TPSA) is 75.3 Å². The molecule has 0 aliphatic heterocycles. The van der Waals surface area contributed by atoms with E-state index in [9.17, 15) is 13.2 Å². The minimum atomic E-state index is -3.25. The zero-order valence-electron chi connectivity index (χ0n) is 15.6. The molecule has 1 aromatic carbocycles. The van der Waals surface area contributed by atoms with Crippen molar-refractivity contribution in [2.75, 3.05) is 5.32 Å². The fourth-order valence-corrected chi connectivity index (χ4v) is 4.01. The first-order valence-electron chi connectivity index (χ1n) is 9.11. The average molecular weight is 367 g/mol. The Labute approximate surface area is 151 Å².